The Bertz CT molecular complexity index is 379. The van der Waals surface area contributed by atoms with Gasteiger partial charge >= 0.3 is 58.4 Å². The van der Waals surface area contributed by atoms with Gasteiger partial charge in [-0.3, -0.25) is 0 Å². The van der Waals surface area contributed by atoms with Crippen molar-refractivity contribution in [2.24, 2.45) is 0 Å². The first-order valence-corrected chi connectivity index (χ1v) is 4.99. The van der Waals surface area contributed by atoms with Crippen LogP contribution in [0.3, 0.4) is 0 Å². The maximum atomic E-state index is 12.4. The topological polar surface area (TPSA) is 9.23 Å². The fourth-order valence-corrected chi connectivity index (χ4v) is 1.29. The SMILES string of the molecule is C=CCCOc1ccc([B-](F)(F)F)cc1C.[K+]. The van der Waals surface area contributed by atoms with E-state index in [1.54, 1.807) is 13.0 Å². The van der Waals surface area contributed by atoms with Crippen LogP contribution in [-0.4, -0.2) is 13.6 Å². The van der Waals surface area contributed by atoms with Gasteiger partial charge in [-0.15, -0.1) is 12.0 Å². The van der Waals surface area contributed by atoms with Crippen molar-refractivity contribution >= 4 is 12.4 Å². The summed E-state index contributed by atoms with van der Waals surface area (Å²) in [4.78, 5) is 0. The third-order valence-corrected chi connectivity index (χ3v) is 2.16. The normalized spacial score (nSPS) is 10.6. The Hall–Kier alpha value is 0.251. The summed E-state index contributed by atoms with van der Waals surface area (Å²) in [5.41, 5.74) is -0.0886. The summed E-state index contributed by atoms with van der Waals surface area (Å²) >= 11 is 0. The molecule has 0 spiro atoms. The van der Waals surface area contributed by atoms with Crippen molar-refractivity contribution in [1.29, 1.82) is 0 Å². The van der Waals surface area contributed by atoms with Gasteiger partial charge in [-0.2, -0.15) is 0 Å². The van der Waals surface area contributed by atoms with Gasteiger partial charge in [0.15, 0.2) is 0 Å². The van der Waals surface area contributed by atoms with Gasteiger partial charge in [0.1, 0.15) is 5.75 Å². The first-order valence-electron chi connectivity index (χ1n) is 4.99. The zero-order valence-electron chi connectivity index (χ0n) is 10.1. The molecule has 17 heavy (non-hydrogen) atoms. The third-order valence-electron chi connectivity index (χ3n) is 2.16. The smallest absolute Gasteiger partial charge is 0.493 e. The minimum Gasteiger partial charge on any atom is -0.493 e. The van der Waals surface area contributed by atoms with Crippen LogP contribution < -0.4 is 61.6 Å². The van der Waals surface area contributed by atoms with E-state index < -0.39 is 12.4 Å². The van der Waals surface area contributed by atoms with Crippen LogP contribution in [0.2, 0.25) is 0 Å². The molecule has 6 heteroatoms. The second-order valence-corrected chi connectivity index (χ2v) is 3.53. The molecular formula is C11H13BF3KO. The molecule has 0 radical (unpaired) electrons. The number of aryl methyl sites for hydroxylation is 1. The molecule has 1 aromatic rings. The summed E-state index contributed by atoms with van der Waals surface area (Å²) in [6, 6.07) is 3.53. The molecule has 0 unspecified atom stereocenters. The second-order valence-electron chi connectivity index (χ2n) is 3.53. The van der Waals surface area contributed by atoms with Crippen molar-refractivity contribution < 1.29 is 69.1 Å². The molecule has 0 fully saturated rings. The van der Waals surface area contributed by atoms with Crippen LogP contribution >= 0.6 is 0 Å². The van der Waals surface area contributed by atoms with Crippen LogP contribution in [0.15, 0.2) is 30.9 Å². The average Bonchev–Trinajstić information content (AvgIpc) is 2.19. The van der Waals surface area contributed by atoms with Gasteiger partial charge in [0.2, 0.25) is 0 Å². The second kappa shape index (κ2) is 7.63. The van der Waals surface area contributed by atoms with Crippen LogP contribution in [0.1, 0.15) is 12.0 Å². The summed E-state index contributed by atoms with van der Waals surface area (Å²) in [6.45, 7) is 0.642. The van der Waals surface area contributed by atoms with E-state index in [9.17, 15) is 12.9 Å². The maximum Gasteiger partial charge on any atom is 1.00 e. The summed E-state index contributed by atoms with van der Waals surface area (Å²) in [7, 11) is 0. The summed E-state index contributed by atoms with van der Waals surface area (Å²) in [5.74, 6) is 0.491. The van der Waals surface area contributed by atoms with E-state index in [-0.39, 0.29) is 51.4 Å². The van der Waals surface area contributed by atoms with Gasteiger partial charge in [0.05, 0.1) is 6.61 Å². The Morgan fingerprint density at radius 1 is 1.35 bits per heavy atom. The van der Waals surface area contributed by atoms with E-state index in [1.165, 1.54) is 6.07 Å². The van der Waals surface area contributed by atoms with Gasteiger partial charge in [0, 0.05) is 0 Å². The van der Waals surface area contributed by atoms with E-state index in [1.807, 2.05) is 0 Å². The molecule has 0 saturated heterocycles. The van der Waals surface area contributed by atoms with Crippen molar-refractivity contribution in [3.05, 3.63) is 36.4 Å². The minimum atomic E-state index is -4.93. The van der Waals surface area contributed by atoms with Gasteiger partial charge < -0.3 is 17.7 Å². The van der Waals surface area contributed by atoms with Gasteiger partial charge in [-0.1, -0.05) is 18.2 Å². The predicted octanol–water partition coefficient (Wildman–Crippen LogP) is 0.00832. The van der Waals surface area contributed by atoms with Gasteiger partial charge in [-0.25, -0.2) is 0 Å². The van der Waals surface area contributed by atoms with E-state index in [0.29, 0.717) is 24.3 Å². The number of hydrogen-bond donors (Lipinski definition) is 0. The molecule has 0 bridgehead atoms. The quantitative estimate of drug-likeness (QED) is 0.415. The average molecular weight is 268 g/mol. The van der Waals surface area contributed by atoms with Crippen LogP contribution in [0.4, 0.5) is 12.9 Å². The first-order chi connectivity index (χ1) is 7.45. The molecule has 0 aromatic heterocycles. The van der Waals surface area contributed by atoms with Crippen molar-refractivity contribution in [2.45, 2.75) is 13.3 Å². The minimum absolute atomic E-state index is 0. The fourth-order valence-electron chi connectivity index (χ4n) is 1.29. The molecule has 0 aliphatic heterocycles. The Morgan fingerprint density at radius 3 is 2.47 bits per heavy atom. The molecule has 1 nitrogen and oxygen atoms in total. The molecule has 1 rings (SSSR count). The van der Waals surface area contributed by atoms with Crippen molar-refractivity contribution in [3.8, 4) is 5.75 Å². The Morgan fingerprint density at radius 2 is 2.00 bits per heavy atom. The molecule has 0 saturated carbocycles. The molecule has 0 aliphatic rings. The van der Waals surface area contributed by atoms with Crippen LogP contribution in [-0.2, 0) is 0 Å². The molecule has 88 valence electrons. The Labute approximate surface area is 142 Å². The molecule has 1 aromatic carbocycles. The van der Waals surface area contributed by atoms with E-state index in [0.717, 1.165) is 12.1 Å². The third kappa shape index (κ3) is 5.61. The first kappa shape index (κ1) is 17.3. The Balaban J connectivity index is 0.00000256. The standard InChI is InChI=1S/C11H13BF3O.K/c1-3-4-7-16-11-6-5-10(8-9(11)2)12(13,14)15;/h3,5-6,8H,1,4,7H2,2H3;/q-1;+1. The van der Waals surface area contributed by atoms with Crippen molar-refractivity contribution in [3.63, 3.8) is 0 Å². The van der Waals surface area contributed by atoms with Gasteiger partial charge in [0.25, 0.3) is 0 Å². The number of benzene rings is 1. The van der Waals surface area contributed by atoms with Crippen molar-refractivity contribution in [1.82, 2.24) is 0 Å². The van der Waals surface area contributed by atoms with E-state index >= 15 is 0 Å². The zero-order valence-corrected chi connectivity index (χ0v) is 13.2. The Kier molecular flexibility index (Phi) is 7.75. The monoisotopic (exact) mass is 268 g/mol. The molecule has 0 atom stereocenters. The fraction of sp³-hybridized carbons (Fsp3) is 0.273. The van der Waals surface area contributed by atoms with Crippen molar-refractivity contribution in [2.75, 3.05) is 6.61 Å². The van der Waals surface area contributed by atoms with Gasteiger partial charge in [-0.05, 0) is 25.0 Å². The largest absolute Gasteiger partial charge is 1.00 e. The number of halogens is 3. The maximum absolute atomic E-state index is 12.4. The molecule has 0 aliphatic carbocycles. The molecular weight excluding hydrogens is 255 g/mol. The van der Waals surface area contributed by atoms with E-state index in [4.69, 9.17) is 4.74 Å². The number of ether oxygens (including phenoxy) is 1. The summed E-state index contributed by atoms with van der Waals surface area (Å²) in [6.07, 6.45) is 2.37. The number of rotatable bonds is 5. The van der Waals surface area contributed by atoms with Crippen LogP contribution in [0.5, 0.6) is 5.75 Å². The zero-order chi connectivity index (χ0) is 12.2. The summed E-state index contributed by atoms with van der Waals surface area (Å²) < 4.78 is 42.6. The van der Waals surface area contributed by atoms with Crippen LogP contribution in [0, 0.1) is 6.92 Å². The predicted molar refractivity (Wildman–Crippen MR) is 60.2 cm³/mol. The molecule has 0 heterocycles. The van der Waals surface area contributed by atoms with Crippen LogP contribution in [0.25, 0.3) is 0 Å². The number of hydrogen-bond acceptors (Lipinski definition) is 1. The molecule has 0 N–H and O–H groups in total. The molecule has 0 amide bonds. The van der Waals surface area contributed by atoms with E-state index in [2.05, 4.69) is 6.58 Å². The summed E-state index contributed by atoms with van der Waals surface area (Å²) in [5, 5.41) is 0.